The van der Waals surface area contributed by atoms with Gasteiger partial charge in [-0.3, -0.25) is 0 Å². The third-order valence-electron chi connectivity index (χ3n) is 3.70. The number of carbonyl (C=O) groups is 1. The van der Waals surface area contributed by atoms with Crippen molar-refractivity contribution in [1.82, 2.24) is 4.72 Å². The van der Waals surface area contributed by atoms with Crippen LogP contribution in [0.5, 0.6) is 5.75 Å². The fourth-order valence-corrected chi connectivity index (χ4v) is 3.54. The summed E-state index contributed by atoms with van der Waals surface area (Å²) in [5.41, 5.74) is 1.42. The van der Waals surface area contributed by atoms with Crippen LogP contribution in [0.2, 0.25) is 0 Å². The van der Waals surface area contributed by atoms with Crippen molar-refractivity contribution in [2.45, 2.75) is 16.4 Å². The largest absolute Gasteiger partial charge is 0.495 e. The van der Waals surface area contributed by atoms with Gasteiger partial charge in [-0.05, 0) is 54.8 Å². The quantitative estimate of drug-likeness (QED) is 0.411. The number of carbonyl (C=O) groups excluding carboxylic acids is 1. The Morgan fingerprint density at radius 3 is 2.48 bits per heavy atom. The Morgan fingerprint density at radius 1 is 1.19 bits per heavy atom. The molecular weight excluding hydrogens is 386 g/mol. The highest BCUT2D eigenvalue weighted by molar-refractivity contribution is 7.98. The minimum absolute atomic E-state index is 0.00287. The average Bonchev–Trinajstić information content (AvgIpc) is 2.70. The lowest BCUT2D eigenvalue weighted by Crippen LogP contribution is -2.19. The molecule has 144 valence electrons. The van der Waals surface area contributed by atoms with E-state index in [-0.39, 0.29) is 17.3 Å². The van der Waals surface area contributed by atoms with Gasteiger partial charge in [0.15, 0.2) is 0 Å². The maximum absolute atomic E-state index is 12.1. The van der Waals surface area contributed by atoms with Crippen molar-refractivity contribution in [1.29, 1.82) is 0 Å². The Kier molecular flexibility index (Phi) is 7.46. The summed E-state index contributed by atoms with van der Waals surface area (Å²) < 4.78 is 36.7. The van der Waals surface area contributed by atoms with Crippen molar-refractivity contribution < 1.29 is 22.7 Å². The summed E-state index contributed by atoms with van der Waals surface area (Å²) in [6.07, 6.45) is 4.74. The summed E-state index contributed by atoms with van der Waals surface area (Å²) in [7, 11) is -0.970. The lowest BCUT2D eigenvalue weighted by atomic mass is 10.2. The number of rotatable bonds is 8. The second-order valence-corrected chi connectivity index (χ2v) is 8.14. The van der Waals surface area contributed by atoms with Gasteiger partial charge in [-0.1, -0.05) is 18.2 Å². The lowest BCUT2D eigenvalue weighted by molar-refractivity contribution is -0.138. The third kappa shape index (κ3) is 5.85. The molecule has 0 fully saturated rings. The molecule has 0 bridgehead atoms. The maximum atomic E-state index is 12.1. The first kappa shape index (κ1) is 21.0. The van der Waals surface area contributed by atoms with E-state index in [2.05, 4.69) is 4.72 Å². The summed E-state index contributed by atoms with van der Waals surface area (Å²) in [6, 6.07) is 12.3. The van der Waals surface area contributed by atoms with Crippen molar-refractivity contribution in [2.24, 2.45) is 0 Å². The zero-order valence-electron chi connectivity index (χ0n) is 15.3. The zero-order chi connectivity index (χ0) is 19.9. The highest BCUT2D eigenvalue weighted by Gasteiger charge is 2.17. The van der Waals surface area contributed by atoms with Gasteiger partial charge in [0.05, 0.1) is 7.11 Å². The van der Waals surface area contributed by atoms with E-state index in [9.17, 15) is 13.2 Å². The average molecular weight is 408 g/mol. The van der Waals surface area contributed by atoms with Crippen LogP contribution >= 0.6 is 11.8 Å². The molecule has 0 saturated heterocycles. The van der Waals surface area contributed by atoms with E-state index < -0.39 is 16.0 Å². The molecule has 0 unspecified atom stereocenters. The van der Waals surface area contributed by atoms with Gasteiger partial charge in [-0.25, -0.2) is 17.9 Å². The van der Waals surface area contributed by atoms with Crippen LogP contribution in [0.25, 0.3) is 6.08 Å². The van der Waals surface area contributed by atoms with E-state index in [1.165, 1.54) is 38.4 Å². The molecule has 0 aliphatic rings. The molecule has 0 aliphatic carbocycles. The molecule has 0 atom stereocenters. The maximum Gasteiger partial charge on any atom is 0.331 e. The number of nitrogens with one attached hydrogen (secondary N) is 1. The van der Waals surface area contributed by atoms with E-state index in [1.807, 2.05) is 30.5 Å². The second kappa shape index (κ2) is 9.59. The highest BCUT2D eigenvalue weighted by atomic mass is 32.2. The molecule has 2 aromatic rings. The summed E-state index contributed by atoms with van der Waals surface area (Å²) in [4.78, 5) is 13.0. The normalized spacial score (nSPS) is 11.5. The number of benzene rings is 2. The highest BCUT2D eigenvalue weighted by Crippen LogP contribution is 2.25. The summed E-state index contributed by atoms with van der Waals surface area (Å²) >= 11 is 1.64. The van der Waals surface area contributed by atoms with Gasteiger partial charge in [-0.2, -0.15) is 0 Å². The van der Waals surface area contributed by atoms with Gasteiger partial charge in [0.1, 0.15) is 17.3 Å². The predicted octanol–water partition coefficient (Wildman–Crippen LogP) is 3.08. The molecule has 0 aliphatic heterocycles. The fourth-order valence-electron chi connectivity index (χ4n) is 2.21. The van der Waals surface area contributed by atoms with Crippen LogP contribution in [0.3, 0.4) is 0 Å². The molecule has 6 nitrogen and oxygen atoms in total. The first-order chi connectivity index (χ1) is 12.9. The molecule has 0 heterocycles. The SMILES string of the molecule is CNS(=O)(=O)c1cc(/C=C/C(=O)OCc2ccc(SC)cc2)ccc1OC. The Labute approximate surface area is 163 Å². The topological polar surface area (TPSA) is 81.7 Å². The summed E-state index contributed by atoms with van der Waals surface area (Å²) in [5.74, 6) is -0.296. The molecule has 0 aromatic heterocycles. The van der Waals surface area contributed by atoms with E-state index in [0.29, 0.717) is 5.56 Å². The number of thioether (sulfide) groups is 1. The van der Waals surface area contributed by atoms with Crippen molar-refractivity contribution in [2.75, 3.05) is 20.4 Å². The smallest absolute Gasteiger partial charge is 0.331 e. The van der Waals surface area contributed by atoms with Crippen LogP contribution in [0.15, 0.2) is 58.3 Å². The third-order valence-corrected chi connectivity index (χ3v) is 5.88. The molecule has 1 N–H and O–H groups in total. The van der Waals surface area contributed by atoms with Gasteiger partial charge >= 0.3 is 5.97 Å². The molecule has 27 heavy (non-hydrogen) atoms. The lowest BCUT2D eigenvalue weighted by Gasteiger charge is -2.09. The minimum Gasteiger partial charge on any atom is -0.495 e. The van der Waals surface area contributed by atoms with E-state index in [1.54, 1.807) is 17.8 Å². The van der Waals surface area contributed by atoms with Crippen LogP contribution in [0.4, 0.5) is 0 Å². The van der Waals surface area contributed by atoms with Gasteiger partial charge in [0.2, 0.25) is 10.0 Å². The van der Waals surface area contributed by atoms with Crippen molar-refractivity contribution in [3.63, 3.8) is 0 Å². The van der Waals surface area contributed by atoms with Crippen LogP contribution in [0.1, 0.15) is 11.1 Å². The molecule has 0 spiro atoms. The van der Waals surface area contributed by atoms with Gasteiger partial charge in [-0.15, -0.1) is 11.8 Å². The summed E-state index contributed by atoms with van der Waals surface area (Å²) in [6.45, 7) is 0.166. The Bertz CT molecular complexity index is 922. The standard InChI is InChI=1S/C19H21NO5S2/c1-20-27(22,23)18-12-14(6-10-17(18)24-2)7-11-19(21)25-13-15-4-8-16(26-3)9-5-15/h4-12,20H,13H2,1-3H3/b11-7+. The molecule has 0 amide bonds. The predicted molar refractivity (Wildman–Crippen MR) is 106 cm³/mol. The molecule has 0 saturated carbocycles. The van der Waals surface area contributed by atoms with Crippen LogP contribution in [-0.4, -0.2) is 34.8 Å². The van der Waals surface area contributed by atoms with Crippen LogP contribution in [0, 0.1) is 0 Å². The molecular formula is C19H21NO5S2. The first-order valence-electron chi connectivity index (χ1n) is 7.99. The van der Waals surface area contributed by atoms with E-state index in [4.69, 9.17) is 9.47 Å². The Morgan fingerprint density at radius 2 is 1.89 bits per heavy atom. The minimum atomic E-state index is -3.68. The van der Waals surface area contributed by atoms with Crippen molar-refractivity contribution in [3.05, 3.63) is 59.7 Å². The van der Waals surface area contributed by atoms with Gasteiger partial charge in [0, 0.05) is 11.0 Å². The van der Waals surface area contributed by atoms with Crippen molar-refractivity contribution in [3.8, 4) is 5.75 Å². The Balaban J connectivity index is 2.05. The first-order valence-corrected chi connectivity index (χ1v) is 10.7. The number of sulfonamides is 1. The fraction of sp³-hybridized carbons (Fsp3) is 0.211. The Hall–Kier alpha value is -2.29. The van der Waals surface area contributed by atoms with E-state index in [0.717, 1.165) is 10.5 Å². The van der Waals surface area contributed by atoms with Crippen molar-refractivity contribution >= 4 is 33.8 Å². The molecule has 2 rings (SSSR count). The van der Waals surface area contributed by atoms with E-state index >= 15 is 0 Å². The molecule has 8 heteroatoms. The van der Waals surface area contributed by atoms with Gasteiger partial charge in [0.25, 0.3) is 0 Å². The monoisotopic (exact) mass is 407 g/mol. The van der Waals surface area contributed by atoms with Gasteiger partial charge < -0.3 is 9.47 Å². The number of esters is 1. The number of hydrogen-bond acceptors (Lipinski definition) is 6. The number of methoxy groups -OCH3 is 1. The summed E-state index contributed by atoms with van der Waals surface area (Å²) in [5, 5.41) is 0. The van der Waals surface area contributed by atoms with Crippen LogP contribution < -0.4 is 9.46 Å². The van der Waals surface area contributed by atoms with Crippen LogP contribution in [-0.2, 0) is 26.2 Å². The number of ether oxygens (including phenoxy) is 2. The molecule has 2 aromatic carbocycles. The second-order valence-electron chi connectivity index (χ2n) is 5.41. The zero-order valence-corrected chi connectivity index (χ0v) is 16.9. The molecule has 0 radical (unpaired) electrons. The number of hydrogen-bond donors (Lipinski definition) is 1.